The molecule has 0 aromatic rings. The lowest BCUT2D eigenvalue weighted by Crippen LogP contribution is -2.48. The molecule has 2 heterocycles. The molecule has 2 saturated heterocycles. The lowest BCUT2D eigenvalue weighted by Gasteiger charge is -2.33. The van der Waals surface area contributed by atoms with E-state index in [0.717, 1.165) is 6.54 Å². The first kappa shape index (κ1) is 16.2. The van der Waals surface area contributed by atoms with Gasteiger partial charge in [0.25, 0.3) is 0 Å². The number of esters is 1. The van der Waals surface area contributed by atoms with Gasteiger partial charge in [-0.25, -0.2) is 0 Å². The summed E-state index contributed by atoms with van der Waals surface area (Å²) in [6, 6.07) is 0.116. The van der Waals surface area contributed by atoms with Gasteiger partial charge in [-0.05, 0) is 26.3 Å². The number of carbonyl (C=O) groups excluding carboxylic acids is 2. The summed E-state index contributed by atoms with van der Waals surface area (Å²) in [5, 5.41) is 3.31. The number of nitrogens with zero attached hydrogens (tertiary/aromatic N) is 1. The molecule has 1 amide bonds. The van der Waals surface area contributed by atoms with E-state index in [1.165, 1.54) is 0 Å². The van der Waals surface area contributed by atoms with E-state index in [-0.39, 0.29) is 29.8 Å². The highest BCUT2D eigenvalue weighted by molar-refractivity contribution is 5.80. The van der Waals surface area contributed by atoms with Gasteiger partial charge in [0, 0.05) is 19.1 Å². The molecule has 2 rings (SSSR count). The van der Waals surface area contributed by atoms with Crippen LogP contribution in [-0.2, 0) is 19.1 Å². The quantitative estimate of drug-likeness (QED) is 0.745. The van der Waals surface area contributed by atoms with Crippen molar-refractivity contribution in [3.63, 3.8) is 0 Å². The first-order valence-corrected chi connectivity index (χ1v) is 7.93. The Kier molecular flexibility index (Phi) is 5.99. The summed E-state index contributed by atoms with van der Waals surface area (Å²) < 4.78 is 10.5. The average molecular weight is 298 g/mol. The van der Waals surface area contributed by atoms with Crippen LogP contribution >= 0.6 is 0 Å². The van der Waals surface area contributed by atoms with Gasteiger partial charge in [0.1, 0.15) is 0 Å². The lowest BCUT2D eigenvalue weighted by atomic mass is 9.94. The second-order valence-electron chi connectivity index (χ2n) is 5.66. The van der Waals surface area contributed by atoms with Crippen LogP contribution in [0.15, 0.2) is 0 Å². The normalized spacial score (nSPS) is 26.9. The summed E-state index contributed by atoms with van der Waals surface area (Å²) in [5.74, 6) is -0.123. The molecule has 0 bridgehead atoms. The summed E-state index contributed by atoms with van der Waals surface area (Å²) in [6.07, 6.45) is 1.40. The van der Waals surface area contributed by atoms with E-state index in [9.17, 15) is 9.59 Å². The van der Waals surface area contributed by atoms with Crippen LogP contribution < -0.4 is 5.32 Å². The van der Waals surface area contributed by atoms with E-state index >= 15 is 0 Å². The Balaban J connectivity index is 1.84. The zero-order valence-electron chi connectivity index (χ0n) is 13.0. The first-order valence-electron chi connectivity index (χ1n) is 7.93. The number of rotatable bonds is 5. The van der Waals surface area contributed by atoms with Crippen LogP contribution in [0.2, 0.25) is 0 Å². The van der Waals surface area contributed by atoms with E-state index < -0.39 is 0 Å². The molecule has 0 aliphatic carbocycles. The number of nitrogens with one attached hydrogen (secondary N) is 1. The molecule has 2 aliphatic heterocycles. The fourth-order valence-corrected chi connectivity index (χ4v) is 3.09. The number of amides is 1. The number of piperidine rings is 1. The van der Waals surface area contributed by atoms with Gasteiger partial charge >= 0.3 is 5.97 Å². The zero-order chi connectivity index (χ0) is 15.2. The molecule has 0 aromatic carbocycles. The fraction of sp³-hybridized carbons (Fsp3) is 0.867. The van der Waals surface area contributed by atoms with Gasteiger partial charge in [-0.15, -0.1) is 0 Å². The van der Waals surface area contributed by atoms with Gasteiger partial charge < -0.3 is 19.7 Å². The largest absolute Gasteiger partial charge is 0.466 e. The van der Waals surface area contributed by atoms with Crippen LogP contribution in [0.25, 0.3) is 0 Å². The molecular formula is C15H26N2O4. The van der Waals surface area contributed by atoms with Crippen molar-refractivity contribution in [3.8, 4) is 0 Å². The average Bonchev–Trinajstić information content (AvgIpc) is 2.95. The van der Waals surface area contributed by atoms with Crippen LogP contribution in [0.5, 0.6) is 0 Å². The predicted octanol–water partition coefficient (Wildman–Crippen LogP) is 0.413. The third-order valence-corrected chi connectivity index (χ3v) is 4.29. The van der Waals surface area contributed by atoms with E-state index in [1.54, 1.807) is 0 Å². The highest BCUT2D eigenvalue weighted by Gasteiger charge is 2.38. The summed E-state index contributed by atoms with van der Waals surface area (Å²) in [6.45, 7) is 7.47. The molecule has 2 aliphatic rings. The van der Waals surface area contributed by atoms with E-state index in [4.69, 9.17) is 9.47 Å². The van der Waals surface area contributed by atoms with Crippen molar-refractivity contribution in [1.29, 1.82) is 0 Å². The van der Waals surface area contributed by atoms with Gasteiger partial charge in [0.05, 0.1) is 31.7 Å². The molecule has 0 aromatic heterocycles. The number of likely N-dealkylation sites (N-methyl/N-ethyl adjacent to an activating group) is 1. The molecule has 0 spiro atoms. The predicted molar refractivity (Wildman–Crippen MR) is 77.7 cm³/mol. The molecular weight excluding hydrogens is 272 g/mol. The van der Waals surface area contributed by atoms with Crippen molar-refractivity contribution in [2.45, 2.75) is 32.7 Å². The van der Waals surface area contributed by atoms with Crippen LogP contribution in [0.3, 0.4) is 0 Å². The van der Waals surface area contributed by atoms with Crippen LogP contribution in [0, 0.1) is 11.8 Å². The second-order valence-corrected chi connectivity index (χ2v) is 5.66. The Labute approximate surface area is 126 Å². The molecule has 1 N–H and O–H groups in total. The smallest absolute Gasteiger partial charge is 0.309 e. The molecule has 2 atom stereocenters. The van der Waals surface area contributed by atoms with E-state index in [2.05, 4.69) is 5.32 Å². The van der Waals surface area contributed by atoms with Crippen molar-refractivity contribution < 1.29 is 19.1 Å². The Hall–Kier alpha value is -1.14. The first-order chi connectivity index (χ1) is 10.2. The maximum absolute atomic E-state index is 12.6. The maximum atomic E-state index is 12.6. The Morgan fingerprint density at radius 3 is 2.57 bits per heavy atom. The SMILES string of the molecule is CCNC1COCC1C(=O)N1CCC(C(=O)OCC)CC1. The molecule has 2 fully saturated rings. The number of hydrogen-bond acceptors (Lipinski definition) is 5. The van der Waals surface area contributed by atoms with Gasteiger partial charge in [-0.3, -0.25) is 9.59 Å². The fourth-order valence-electron chi connectivity index (χ4n) is 3.09. The summed E-state index contributed by atoms with van der Waals surface area (Å²) >= 11 is 0. The topological polar surface area (TPSA) is 67.9 Å². The zero-order valence-corrected chi connectivity index (χ0v) is 13.0. The molecule has 0 saturated carbocycles. The molecule has 0 radical (unpaired) electrons. The standard InChI is InChI=1S/C15H26N2O4/c1-3-16-13-10-20-9-12(13)14(18)17-7-5-11(6-8-17)15(19)21-4-2/h11-13,16H,3-10H2,1-2H3. The Morgan fingerprint density at radius 1 is 1.24 bits per heavy atom. The third kappa shape index (κ3) is 3.95. The minimum absolute atomic E-state index is 0.0570. The number of ether oxygens (including phenoxy) is 2. The van der Waals surface area contributed by atoms with Crippen molar-refractivity contribution in [2.75, 3.05) is 39.5 Å². The van der Waals surface area contributed by atoms with Crippen LogP contribution in [0.4, 0.5) is 0 Å². The van der Waals surface area contributed by atoms with Gasteiger partial charge in [-0.2, -0.15) is 0 Å². The number of likely N-dealkylation sites (tertiary alicyclic amines) is 1. The van der Waals surface area contributed by atoms with Gasteiger partial charge in [0.2, 0.25) is 5.91 Å². The van der Waals surface area contributed by atoms with E-state index in [1.807, 2.05) is 18.7 Å². The summed E-state index contributed by atoms with van der Waals surface area (Å²) in [7, 11) is 0. The van der Waals surface area contributed by atoms with Crippen molar-refractivity contribution >= 4 is 11.9 Å². The van der Waals surface area contributed by atoms with Crippen LogP contribution in [-0.4, -0.2) is 62.3 Å². The molecule has 2 unspecified atom stereocenters. The van der Waals surface area contributed by atoms with E-state index in [0.29, 0.717) is 45.8 Å². The molecule has 6 nitrogen and oxygen atoms in total. The minimum Gasteiger partial charge on any atom is -0.466 e. The second kappa shape index (κ2) is 7.75. The highest BCUT2D eigenvalue weighted by Crippen LogP contribution is 2.23. The summed E-state index contributed by atoms with van der Waals surface area (Å²) in [5.41, 5.74) is 0. The van der Waals surface area contributed by atoms with Crippen LogP contribution in [0.1, 0.15) is 26.7 Å². The molecule has 120 valence electrons. The number of hydrogen-bond donors (Lipinski definition) is 1. The monoisotopic (exact) mass is 298 g/mol. The lowest BCUT2D eigenvalue weighted by molar-refractivity contribution is -0.151. The highest BCUT2D eigenvalue weighted by atomic mass is 16.5. The minimum atomic E-state index is -0.126. The van der Waals surface area contributed by atoms with Crippen molar-refractivity contribution in [1.82, 2.24) is 10.2 Å². The van der Waals surface area contributed by atoms with Gasteiger partial charge in [-0.1, -0.05) is 6.92 Å². The maximum Gasteiger partial charge on any atom is 0.309 e. The number of carbonyl (C=O) groups is 2. The third-order valence-electron chi connectivity index (χ3n) is 4.29. The Morgan fingerprint density at radius 2 is 1.95 bits per heavy atom. The molecule has 6 heteroatoms. The Bertz CT molecular complexity index is 367. The van der Waals surface area contributed by atoms with Gasteiger partial charge in [0.15, 0.2) is 0 Å². The van der Waals surface area contributed by atoms with Crippen molar-refractivity contribution in [2.24, 2.45) is 11.8 Å². The molecule has 21 heavy (non-hydrogen) atoms. The summed E-state index contributed by atoms with van der Waals surface area (Å²) in [4.78, 5) is 26.2. The van der Waals surface area contributed by atoms with Crippen molar-refractivity contribution in [3.05, 3.63) is 0 Å².